The summed E-state index contributed by atoms with van der Waals surface area (Å²) in [5, 5.41) is 3.08. The predicted octanol–water partition coefficient (Wildman–Crippen LogP) is 1.28. The second kappa shape index (κ2) is 4.69. The van der Waals surface area contributed by atoms with E-state index in [1.807, 2.05) is 13.8 Å². The van der Waals surface area contributed by atoms with E-state index < -0.39 is 6.04 Å². The van der Waals surface area contributed by atoms with Crippen molar-refractivity contribution in [2.45, 2.75) is 38.6 Å². The van der Waals surface area contributed by atoms with Gasteiger partial charge in [0.25, 0.3) is 0 Å². The van der Waals surface area contributed by atoms with Crippen molar-refractivity contribution in [1.82, 2.24) is 9.97 Å². The maximum absolute atomic E-state index is 11.3. The van der Waals surface area contributed by atoms with Crippen molar-refractivity contribution in [2.75, 3.05) is 5.32 Å². The first kappa shape index (κ1) is 11.8. The zero-order chi connectivity index (χ0) is 12.4. The summed E-state index contributed by atoms with van der Waals surface area (Å²) in [5.74, 6) is 1.82. The maximum Gasteiger partial charge on any atom is 0.240 e. The Kier molecular flexibility index (Phi) is 3.26. The van der Waals surface area contributed by atoms with E-state index in [0.717, 1.165) is 18.7 Å². The Hall–Kier alpha value is -1.65. The Bertz CT molecular complexity index is 415. The van der Waals surface area contributed by atoms with Crippen LogP contribution >= 0.6 is 0 Å². The molecule has 1 unspecified atom stereocenters. The number of rotatable bonds is 5. The molecule has 1 aliphatic carbocycles. The van der Waals surface area contributed by atoms with Crippen LogP contribution in [0.3, 0.4) is 0 Å². The van der Waals surface area contributed by atoms with Crippen LogP contribution in [0.15, 0.2) is 12.3 Å². The molecule has 0 aliphatic heterocycles. The zero-order valence-corrected chi connectivity index (χ0v) is 10.2. The van der Waals surface area contributed by atoms with Gasteiger partial charge >= 0.3 is 0 Å². The van der Waals surface area contributed by atoms with Crippen LogP contribution in [-0.4, -0.2) is 21.9 Å². The molecule has 5 nitrogen and oxygen atoms in total. The van der Waals surface area contributed by atoms with Crippen LogP contribution in [0.1, 0.15) is 38.4 Å². The molecule has 1 aromatic heterocycles. The molecule has 0 aromatic carbocycles. The molecule has 3 N–H and O–H groups in total. The van der Waals surface area contributed by atoms with Crippen LogP contribution in [0.4, 0.5) is 5.82 Å². The van der Waals surface area contributed by atoms with Crippen LogP contribution in [-0.2, 0) is 4.79 Å². The van der Waals surface area contributed by atoms with Crippen molar-refractivity contribution in [2.24, 2.45) is 11.7 Å². The molecular formula is C12H18N4O. The summed E-state index contributed by atoms with van der Waals surface area (Å²) < 4.78 is 0. The Balaban J connectivity index is 2.10. The van der Waals surface area contributed by atoms with Gasteiger partial charge in [-0.25, -0.2) is 9.97 Å². The monoisotopic (exact) mass is 234 g/mol. The SMILES string of the molecule is CC(C)C(Nc1ccnc(C2CC2)n1)C(N)=O. The summed E-state index contributed by atoms with van der Waals surface area (Å²) in [4.78, 5) is 19.9. The molecule has 92 valence electrons. The lowest BCUT2D eigenvalue weighted by Gasteiger charge is -2.19. The van der Waals surface area contributed by atoms with E-state index in [0.29, 0.717) is 11.7 Å². The quantitative estimate of drug-likeness (QED) is 0.804. The topological polar surface area (TPSA) is 80.9 Å². The van der Waals surface area contributed by atoms with Gasteiger partial charge in [0.2, 0.25) is 5.91 Å². The van der Waals surface area contributed by atoms with Crippen molar-refractivity contribution < 1.29 is 4.79 Å². The first-order valence-electron chi connectivity index (χ1n) is 5.96. The number of hydrogen-bond donors (Lipinski definition) is 2. The minimum atomic E-state index is -0.392. The number of carbonyl (C=O) groups is 1. The van der Waals surface area contributed by atoms with E-state index in [9.17, 15) is 4.79 Å². The van der Waals surface area contributed by atoms with Gasteiger partial charge in [0, 0.05) is 12.1 Å². The van der Waals surface area contributed by atoms with Gasteiger partial charge in [0.05, 0.1) is 0 Å². The Morgan fingerprint density at radius 1 is 1.53 bits per heavy atom. The van der Waals surface area contributed by atoms with Crippen molar-refractivity contribution in [3.63, 3.8) is 0 Å². The van der Waals surface area contributed by atoms with Gasteiger partial charge in [0.1, 0.15) is 17.7 Å². The maximum atomic E-state index is 11.3. The third-order valence-corrected chi connectivity index (χ3v) is 2.89. The molecule has 2 rings (SSSR count). The van der Waals surface area contributed by atoms with E-state index >= 15 is 0 Å². The number of nitrogens with two attached hydrogens (primary N) is 1. The number of nitrogens with one attached hydrogen (secondary N) is 1. The highest BCUT2D eigenvalue weighted by Crippen LogP contribution is 2.38. The number of carbonyl (C=O) groups excluding carboxylic acids is 1. The lowest BCUT2D eigenvalue weighted by Crippen LogP contribution is -2.39. The second-order valence-electron chi connectivity index (χ2n) is 4.84. The number of primary amides is 1. The van der Waals surface area contributed by atoms with Crippen molar-refractivity contribution in [1.29, 1.82) is 0 Å². The van der Waals surface area contributed by atoms with Gasteiger partial charge in [-0.15, -0.1) is 0 Å². The van der Waals surface area contributed by atoms with E-state index in [1.165, 1.54) is 0 Å². The highest BCUT2D eigenvalue weighted by Gasteiger charge is 2.27. The fraction of sp³-hybridized carbons (Fsp3) is 0.583. The van der Waals surface area contributed by atoms with Crippen LogP contribution < -0.4 is 11.1 Å². The molecule has 0 bridgehead atoms. The van der Waals surface area contributed by atoms with E-state index in [2.05, 4.69) is 15.3 Å². The number of amides is 1. The number of aromatic nitrogens is 2. The lowest BCUT2D eigenvalue weighted by molar-refractivity contribution is -0.119. The summed E-state index contributed by atoms with van der Waals surface area (Å²) in [7, 11) is 0. The van der Waals surface area contributed by atoms with Crippen molar-refractivity contribution >= 4 is 11.7 Å². The van der Waals surface area contributed by atoms with Gasteiger partial charge in [-0.2, -0.15) is 0 Å². The lowest BCUT2D eigenvalue weighted by atomic mass is 10.0. The molecule has 17 heavy (non-hydrogen) atoms. The van der Waals surface area contributed by atoms with Crippen LogP contribution in [0.5, 0.6) is 0 Å². The number of hydrogen-bond acceptors (Lipinski definition) is 4. The first-order chi connectivity index (χ1) is 8.08. The second-order valence-corrected chi connectivity index (χ2v) is 4.84. The van der Waals surface area contributed by atoms with Crippen LogP contribution in [0, 0.1) is 5.92 Å². The minimum absolute atomic E-state index is 0.131. The Morgan fingerprint density at radius 2 is 2.24 bits per heavy atom. The third-order valence-electron chi connectivity index (χ3n) is 2.89. The molecular weight excluding hydrogens is 216 g/mol. The Morgan fingerprint density at radius 3 is 2.76 bits per heavy atom. The fourth-order valence-corrected chi connectivity index (χ4v) is 1.72. The summed E-state index contributed by atoms with van der Waals surface area (Å²) in [6.45, 7) is 3.90. The number of anilines is 1. The molecule has 1 saturated carbocycles. The summed E-state index contributed by atoms with van der Waals surface area (Å²) in [6, 6.07) is 1.38. The van der Waals surface area contributed by atoms with Crippen LogP contribution in [0.2, 0.25) is 0 Å². The normalized spacial score (nSPS) is 16.9. The first-order valence-corrected chi connectivity index (χ1v) is 5.96. The van der Waals surface area contributed by atoms with E-state index in [-0.39, 0.29) is 11.8 Å². The summed E-state index contributed by atoms with van der Waals surface area (Å²) >= 11 is 0. The largest absolute Gasteiger partial charge is 0.368 e. The van der Waals surface area contributed by atoms with Gasteiger partial charge < -0.3 is 11.1 Å². The highest BCUT2D eigenvalue weighted by molar-refractivity contribution is 5.82. The Labute approximate surface area is 101 Å². The molecule has 1 aromatic rings. The summed E-state index contributed by atoms with van der Waals surface area (Å²) in [6.07, 6.45) is 4.04. The molecule has 1 atom stereocenters. The van der Waals surface area contributed by atoms with Gasteiger partial charge in [0.15, 0.2) is 0 Å². The van der Waals surface area contributed by atoms with Gasteiger partial charge in [-0.1, -0.05) is 13.8 Å². The zero-order valence-electron chi connectivity index (χ0n) is 10.2. The van der Waals surface area contributed by atoms with Crippen molar-refractivity contribution in [3.05, 3.63) is 18.1 Å². The van der Waals surface area contributed by atoms with Gasteiger partial charge in [-0.05, 0) is 24.8 Å². The molecule has 1 amide bonds. The van der Waals surface area contributed by atoms with Crippen LogP contribution in [0.25, 0.3) is 0 Å². The molecule has 1 heterocycles. The summed E-state index contributed by atoms with van der Waals surface area (Å²) in [5.41, 5.74) is 5.35. The minimum Gasteiger partial charge on any atom is -0.368 e. The third kappa shape index (κ3) is 2.93. The molecule has 5 heteroatoms. The molecule has 0 saturated heterocycles. The fourth-order valence-electron chi connectivity index (χ4n) is 1.72. The molecule has 0 radical (unpaired) electrons. The average molecular weight is 234 g/mol. The smallest absolute Gasteiger partial charge is 0.240 e. The molecule has 1 fully saturated rings. The highest BCUT2D eigenvalue weighted by atomic mass is 16.1. The molecule has 1 aliphatic rings. The number of nitrogens with zero attached hydrogens (tertiary/aromatic N) is 2. The van der Waals surface area contributed by atoms with E-state index in [1.54, 1.807) is 12.3 Å². The van der Waals surface area contributed by atoms with E-state index in [4.69, 9.17) is 5.73 Å². The van der Waals surface area contributed by atoms with Crippen molar-refractivity contribution in [3.8, 4) is 0 Å². The molecule has 0 spiro atoms. The predicted molar refractivity (Wildman–Crippen MR) is 65.5 cm³/mol. The van der Waals surface area contributed by atoms with Gasteiger partial charge in [-0.3, -0.25) is 4.79 Å². The average Bonchev–Trinajstić information content (AvgIpc) is 3.09. The standard InChI is InChI=1S/C12H18N4O/c1-7(2)10(11(13)17)15-9-5-6-14-12(16-9)8-3-4-8/h5-8,10H,3-4H2,1-2H3,(H2,13,17)(H,14,15,16).